The van der Waals surface area contributed by atoms with Gasteiger partial charge in [-0.25, -0.2) is 0 Å². The highest BCUT2D eigenvalue weighted by molar-refractivity contribution is 5.80. The molecule has 5 nitrogen and oxygen atoms in total. The van der Waals surface area contributed by atoms with Crippen LogP contribution in [0.25, 0.3) is 0 Å². The van der Waals surface area contributed by atoms with Crippen LogP contribution in [0.5, 0.6) is 5.75 Å². The van der Waals surface area contributed by atoms with Gasteiger partial charge in [0.1, 0.15) is 5.75 Å². The number of rotatable bonds is 8. The lowest BCUT2D eigenvalue weighted by molar-refractivity contribution is -0.941. The summed E-state index contributed by atoms with van der Waals surface area (Å²) in [5.41, 5.74) is 0.569. The minimum absolute atomic E-state index is 0.124. The molecule has 0 radical (unpaired) electrons. The Morgan fingerprint density at radius 3 is 2.22 bits per heavy atom. The molecule has 0 heterocycles. The summed E-state index contributed by atoms with van der Waals surface area (Å²) in [6, 6.07) is 9.85. The average Bonchev–Trinajstić information content (AvgIpc) is 2.51. The van der Waals surface area contributed by atoms with Crippen molar-refractivity contribution in [3.8, 4) is 11.8 Å². The fourth-order valence-corrected chi connectivity index (χ4v) is 2.58. The second kappa shape index (κ2) is 9.16. The zero-order chi connectivity index (χ0) is 17.4. The van der Waals surface area contributed by atoms with Crippen molar-refractivity contribution in [2.75, 3.05) is 13.1 Å². The van der Waals surface area contributed by atoms with Gasteiger partial charge in [-0.05, 0) is 58.9 Å². The zero-order valence-electron chi connectivity index (χ0n) is 14.7. The first-order chi connectivity index (χ1) is 10.8. The highest BCUT2D eigenvalue weighted by Crippen LogP contribution is 2.13. The molecular weight excluding hydrogens is 290 g/mol. The summed E-state index contributed by atoms with van der Waals surface area (Å²) in [7, 11) is 0. The minimum atomic E-state index is -0.565. The molecule has 0 saturated heterocycles. The smallest absolute Gasteiger partial charge is 0.260 e. The van der Waals surface area contributed by atoms with Gasteiger partial charge in [0.25, 0.3) is 5.91 Å². The van der Waals surface area contributed by atoms with Gasteiger partial charge in [-0.15, -0.1) is 0 Å². The molecule has 0 aliphatic heterocycles. The van der Waals surface area contributed by atoms with Gasteiger partial charge in [0, 0.05) is 0 Å². The van der Waals surface area contributed by atoms with E-state index in [1.807, 2.05) is 6.07 Å². The molecule has 0 unspecified atom stereocenters. The number of ether oxygens (including phenoxy) is 1. The maximum atomic E-state index is 12.1. The Morgan fingerprint density at radius 1 is 1.17 bits per heavy atom. The molecule has 1 amide bonds. The van der Waals surface area contributed by atoms with E-state index in [-0.39, 0.29) is 5.91 Å². The van der Waals surface area contributed by atoms with E-state index in [1.54, 1.807) is 31.2 Å². The van der Waals surface area contributed by atoms with Crippen molar-refractivity contribution in [2.24, 2.45) is 0 Å². The summed E-state index contributed by atoms with van der Waals surface area (Å²) in [5, 5.41) is 11.7. The molecule has 1 rings (SSSR count). The first-order valence-electron chi connectivity index (χ1n) is 8.15. The Morgan fingerprint density at radius 2 is 1.74 bits per heavy atom. The lowest BCUT2D eigenvalue weighted by Crippen LogP contribution is -3.18. The maximum Gasteiger partial charge on any atom is 0.260 e. The summed E-state index contributed by atoms with van der Waals surface area (Å²) in [6.45, 7) is 12.0. The Kier molecular flexibility index (Phi) is 7.56. The first-order valence-corrected chi connectivity index (χ1v) is 8.15. The average molecular weight is 318 g/mol. The topological polar surface area (TPSA) is 66.6 Å². The lowest BCUT2D eigenvalue weighted by atomic mass is 10.2. The highest BCUT2D eigenvalue weighted by atomic mass is 16.5. The number of benzene rings is 1. The molecule has 0 spiro atoms. The quantitative estimate of drug-likeness (QED) is 0.755. The molecule has 0 aliphatic carbocycles. The van der Waals surface area contributed by atoms with Crippen molar-refractivity contribution in [1.82, 2.24) is 5.32 Å². The molecular formula is C18H28N3O2+. The number of hydrogen-bond acceptors (Lipinski definition) is 3. The van der Waals surface area contributed by atoms with Crippen LogP contribution in [0.2, 0.25) is 0 Å². The molecule has 5 heteroatoms. The first kappa shape index (κ1) is 19.0. The molecule has 0 aromatic heterocycles. The van der Waals surface area contributed by atoms with Crippen LogP contribution in [0.4, 0.5) is 0 Å². The Labute approximate surface area is 139 Å². The molecule has 2 N–H and O–H groups in total. The summed E-state index contributed by atoms with van der Waals surface area (Å²) >= 11 is 0. The Balaban J connectivity index is 2.43. The fraction of sp³-hybridized carbons (Fsp3) is 0.556. The van der Waals surface area contributed by atoms with Crippen molar-refractivity contribution >= 4 is 5.91 Å². The van der Waals surface area contributed by atoms with E-state index in [0.29, 0.717) is 29.9 Å². The van der Waals surface area contributed by atoms with Crippen LogP contribution in [-0.2, 0) is 4.79 Å². The van der Waals surface area contributed by atoms with Gasteiger partial charge in [-0.1, -0.05) is 0 Å². The monoisotopic (exact) mass is 318 g/mol. The van der Waals surface area contributed by atoms with Crippen LogP contribution in [0, 0.1) is 11.3 Å². The number of hydrogen-bond donors (Lipinski definition) is 2. The molecule has 1 aromatic carbocycles. The minimum Gasteiger partial charge on any atom is -0.481 e. The zero-order valence-corrected chi connectivity index (χ0v) is 14.7. The number of carbonyl (C=O) groups is 1. The highest BCUT2D eigenvalue weighted by Gasteiger charge is 2.18. The van der Waals surface area contributed by atoms with Gasteiger partial charge in [0.15, 0.2) is 6.10 Å². The van der Waals surface area contributed by atoms with Crippen molar-refractivity contribution in [3.05, 3.63) is 29.8 Å². The summed E-state index contributed by atoms with van der Waals surface area (Å²) in [6.07, 6.45) is -0.565. The Bertz CT molecular complexity index is 524. The van der Waals surface area contributed by atoms with Gasteiger partial charge >= 0.3 is 0 Å². The SMILES string of the molecule is CC(C)[NH+](CCNC(=O)[C@H](C)Oc1ccc(C#N)cc1)C(C)C. The molecule has 0 fully saturated rings. The maximum absolute atomic E-state index is 12.1. The molecule has 1 aromatic rings. The molecule has 0 bridgehead atoms. The van der Waals surface area contributed by atoms with Crippen LogP contribution in [0.1, 0.15) is 40.2 Å². The number of nitrogens with zero attached hydrogens (tertiary/aromatic N) is 1. The third-order valence-corrected chi connectivity index (χ3v) is 3.86. The third-order valence-electron chi connectivity index (χ3n) is 3.86. The second-order valence-corrected chi connectivity index (χ2v) is 6.32. The number of nitriles is 1. The van der Waals surface area contributed by atoms with E-state index in [0.717, 1.165) is 6.54 Å². The van der Waals surface area contributed by atoms with E-state index >= 15 is 0 Å². The Hall–Kier alpha value is -2.06. The van der Waals surface area contributed by atoms with E-state index < -0.39 is 6.10 Å². The molecule has 0 aliphatic rings. The normalized spacial score (nSPS) is 12.3. The van der Waals surface area contributed by atoms with Crippen LogP contribution >= 0.6 is 0 Å². The number of quaternary nitrogens is 1. The lowest BCUT2D eigenvalue weighted by Gasteiger charge is -2.27. The standard InChI is InChI=1S/C18H27N3O2/c1-13(2)21(14(3)4)11-10-20-18(22)15(5)23-17-8-6-16(12-19)7-9-17/h6-9,13-15H,10-11H2,1-5H3,(H,20,22)/p+1/t15-/m0/s1. The van der Waals surface area contributed by atoms with Crippen molar-refractivity contribution in [2.45, 2.75) is 52.8 Å². The fourth-order valence-electron chi connectivity index (χ4n) is 2.58. The predicted octanol–water partition coefficient (Wildman–Crippen LogP) is 1.14. The van der Waals surface area contributed by atoms with Crippen molar-refractivity contribution in [3.63, 3.8) is 0 Å². The van der Waals surface area contributed by atoms with Crippen LogP contribution < -0.4 is 15.0 Å². The second-order valence-electron chi connectivity index (χ2n) is 6.32. The number of amides is 1. The number of nitrogens with one attached hydrogen (secondary N) is 2. The van der Waals surface area contributed by atoms with Gasteiger partial charge in [0.2, 0.25) is 0 Å². The van der Waals surface area contributed by atoms with Crippen LogP contribution in [-0.4, -0.2) is 37.2 Å². The molecule has 1 atom stereocenters. The predicted molar refractivity (Wildman–Crippen MR) is 90.4 cm³/mol. The van der Waals surface area contributed by atoms with E-state index in [9.17, 15) is 4.79 Å². The molecule has 0 saturated carbocycles. The van der Waals surface area contributed by atoms with Gasteiger partial charge in [-0.3, -0.25) is 4.79 Å². The number of carbonyl (C=O) groups excluding carboxylic acids is 1. The van der Waals surface area contributed by atoms with Gasteiger partial charge in [0.05, 0.1) is 36.8 Å². The summed E-state index contributed by atoms with van der Waals surface area (Å²) in [4.78, 5) is 13.6. The molecule has 23 heavy (non-hydrogen) atoms. The van der Waals surface area contributed by atoms with Crippen molar-refractivity contribution in [1.29, 1.82) is 5.26 Å². The van der Waals surface area contributed by atoms with E-state index in [1.165, 1.54) is 4.90 Å². The molecule has 126 valence electrons. The summed E-state index contributed by atoms with van der Waals surface area (Å²) in [5.74, 6) is 0.462. The largest absolute Gasteiger partial charge is 0.481 e. The summed E-state index contributed by atoms with van der Waals surface area (Å²) < 4.78 is 5.60. The van der Waals surface area contributed by atoms with Crippen molar-refractivity contribution < 1.29 is 14.4 Å². The third kappa shape index (κ3) is 6.29. The van der Waals surface area contributed by atoms with Crippen LogP contribution in [0.15, 0.2) is 24.3 Å². The van der Waals surface area contributed by atoms with Gasteiger partial charge in [-0.2, -0.15) is 5.26 Å². The van der Waals surface area contributed by atoms with E-state index in [2.05, 4.69) is 33.0 Å². The van der Waals surface area contributed by atoms with E-state index in [4.69, 9.17) is 10.00 Å². The van der Waals surface area contributed by atoms with Crippen LogP contribution in [0.3, 0.4) is 0 Å². The van der Waals surface area contributed by atoms with Gasteiger partial charge < -0.3 is 15.0 Å².